The lowest BCUT2D eigenvalue weighted by Gasteiger charge is -2.40. The van der Waals surface area contributed by atoms with Crippen LogP contribution in [0.15, 0.2) is 29.3 Å². The smallest absolute Gasteiger partial charge is 0.196 e. The number of ether oxygens (including phenoxy) is 1. The molecule has 4 nitrogen and oxygen atoms in total. The molecule has 1 aliphatic rings. The first-order chi connectivity index (χ1) is 10.1. The molecule has 1 heterocycles. The van der Waals surface area contributed by atoms with Crippen LogP contribution in [0.4, 0.5) is 5.69 Å². The number of anilines is 1. The van der Waals surface area contributed by atoms with Crippen LogP contribution in [-0.4, -0.2) is 25.2 Å². The molecule has 0 aromatic heterocycles. The standard InChI is InChI=1S/C17H27N3O/c1-5-13(3)11-17(6-2)12-19-16(18)20(17)14-8-7-9-15(10-14)21-4/h7-10,13H,5-6,11-12H2,1-4H3,(H2,18,19). The maximum absolute atomic E-state index is 6.21. The van der Waals surface area contributed by atoms with Crippen molar-refractivity contribution in [1.29, 1.82) is 0 Å². The summed E-state index contributed by atoms with van der Waals surface area (Å²) in [5.74, 6) is 2.12. The molecule has 0 aliphatic carbocycles. The van der Waals surface area contributed by atoms with E-state index >= 15 is 0 Å². The summed E-state index contributed by atoms with van der Waals surface area (Å²) >= 11 is 0. The van der Waals surface area contributed by atoms with Gasteiger partial charge in [0.1, 0.15) is 5.75 Å². The highest BCUT2D eigenvalue weighted by atomic mass is 16.5. The Morgan fingerprint density at radius 2 is 2.19 bits per heavy atom. The van der Waals surface area contributed by atoms with Gasteiger partial charge in [0.25, 0.3) is 0 Å². The zero-order valence-electron chi connectivity index (χ0n) is 13.6. The van der Waals surface area contributed by atoms with Gasteiger partial charge in [-0.1, -0.05) is 33.3 Å². The molecule has 2 unspecified atom stereocenters. The number of hydrogen-bond acceptors (Lipinski definition) is 4. The molecule has 0 spiro atoms. The van der Waals surface area contributed by atoms with Crippen LogP contribution in [0.3, 0.4) is 0 Å². The van der Waals surface area contributed by atoms with E-state index in [4.69, 9.17) is 10.5 Å². The Bertz CT molecular complexity index is 515. The monoisotopic (exact) mass is 289 g/mol. The van der Waals surface area contributed by atoms with Crippen LogP contribution < -0.4 is 15.4 Å². The largest absolute Gasteiger partial charge is 0.497 e. The van der Waals surface area contributed by atoms with Crippen LogP contribution in [0, 0.1) is 5.92 Å². The normalized spacial score (nSPS) is 23.0. The van der Waals surface area contributed by atoms with Crippen LogP contribution in [-0.2, 0) is 0 Å². The van der Waals surface area contributed by atoms with Crippen molar-refractivity contribution in [2.45, 2.75) is 45.6 Å². The number of methoxy groups -OCH3 is 1. The molecule has 0 saturated heterocycles. The predicted molar refractivity (Wildman–Crippen MR) is 89.1 cm³/mol. The van der Waals surface area contributed by atoms with Crippen LogP contribution in [0.2, 0.25) is 0 Å². The number of nitrogens with zero attached hydrogens (tertiary/aromatic N) is 2. The molecule has 116 valence electrons. The Labute approximate surface area is 128 Å². The first-order valence-corrected chi connectivity index (χ1v) is 7.80. The van der Waals surface area contributed by atoms with Gasteiger partial charge in [0, 0.05) is 11.8 Å². The number of nitrogens with two attached hydrogens (primary N) is 1. The Hall–Kier alpha value is -1.71. The zero-order chi connectivity index (χ0) is 15.5. The van der Waals surface area contributed by atoms with Crippen molar-refractivity contribution in [3.8, 4) is 5.75 Å². The Morgan fingerprint density at radius 3 is 2.81 bits per heavy atom. The van der Waals surface area contributed by atoms with Crippen LogP contribution in [0.25, 0.3) is 0 Å². The van der Waals surface area contributed by atoms with Gasteiger partial charge in [-0.2, -0.15) is 0 Å². The highest BCUT2D eigenvalue weighted by molar-refractivity contribution is 5.98. The molecule has 4 heteroatoms. The minimum absolute atomic E-state index is 0.00806. The highest BCUT2D eigenvalue weighted by Gasteiger charge is 2.42. The third kappa shape index (κ3) is 2.99. The van der Waals surface area contributed by atoms with Crippen molar-refractivity contribution < 1.29 is 4.74 Å². The molecule has 21 heavy (non-hydrogen) atoms. The first kappa shape index (κ1) is 15.7. The van der Waals surface area contributed by atoms with Gasteiger partial charge in [0.05, 0.1) is 19.2 Å². The molecule has 2 atom stereocenters. The van der Waals surface area contributed by atoms with Crippen LogP contribution in [0.1, 0.15) is 40.0 Å². The van der Waals surface area contributed by atoms with Gasteiger partial charge in [-0.15, -0.1) is 0 Å². The Morgan fingerprint density at radius 1 is 1.43 bits per heavy atom. The van der Waals surface area contributed by atoms with E-state index in [1.165, 1.54) is 6.42 Å². The van der Waals surface area contributed by atoms with Crippen molar-refractivity contribution in [2.75, 3.05) is 18.6 Å². The minimum Gasteiger partial charge on any atom is -0.497 e. The fraction of sp³-hybridized carbons (Fsp3) is 0.588. The fourth-order valence-electron chi connectivity index (χ4n) is 3.13. The second-order valence-corrected chi connectivity index (χ2v) is 6.01. The van der Waals surface area contributed by atoms with E-state index in [-0.39, 0.29) is 5.54 Å². The quantitative estimate of drug-likeness (QED) is 0.873. The van der Waals surface area contributed by atoms with Gasteiger partial charge < -0.3 is 15.4 Å². The summed E-state index contributed by atoms with van der Waals surface area (Å²) in [4.78, 5) is 6.75. The summed E-state index contributed by atoms with van der Waals surface area (Å²) in [6.45, 7) is 7.54. The van der Waals surface area contributed by atoms with Gasteiger partial charge in [0.15, 0.2) is 5.96 Å². The van der Waals surface area contributed by atoms with Gasteiger partial charge in [0.2, 0.25) is 0 Å². The van der Waals surface area contributed by atoms with Crippen molar-refractivity contribution in [3.63, 3.8) is 0 Å². The maximum Gasteiger partial charge on any atom is 0.196 e. The van der Waals surface area contributed by atoms with Crippen molar-refractivity contribution in [3.05, 3.63) is 24.3 Å². The lowest BCUT2D eigenvalue weighted by atomic mass is 9.83. The predicted octanol–water partition coefficient (Wildman–Crippen LogP) is 3.41. The van der Waals surface area contributed by atoms with E-state index in [1.54, 1.807) is 7.11 Å². The van der Waals surface area contributed by atoms with Crippen LogP contribution in [0.5, 0.6) is 5.75 Å². The molecule has 1 aromatic carbocycles. The zero-order valence-corrected chi connectivity index (χ0v) is 13.6. The number of rotatable bonds is 6. The topological polar surface area (TPSA) is 50.8 Å². The second-order valence-electron chi connectivity index (χ2n) is 6.01. The summed E-state index contributed by atoms with van der Waals surface area (Å²) in [6.07, 6.45) is 3.30. The number of guanidine groups is 1. The van der Waals surface area contributed by atoms with Crippen LogP contribution >= 0.6 is 0 Å². The lowest BCUT2D eigenvalue weighted by molar-refractivity contribution is 0.333. The van der Waals surface area contributed by atoms with E-state index in [0.29, 0.717) is 11.9 Å². The Balaban J connectivity index is 2.38. The molecular formula is C17H27N3O. The maximum atomic E-state index is 6.21. The molecular weight excluding hydrogens is 262 g/mol. The average molecular weight is 289 g/mol. The SMILES string of the molecule is CCC(C)CC1(CC)CN=C(N)N1c1cccc(OC)c1. The molecule has 0 fully saturated rings. The molecule has 0 bridgehead atoms. The third-order valence-corrected chi connectivity index (χ3v) is 4.63. The van der Waals surface area contributed by atoms with E-state index < -0.39 is 0 Å². The van der Waals surface area contributed by atoms with Gasteiger partial charge in [-0.3, -0.25) is 4.99 Å². The van der Waals surface area contributed by atoms with Gasteiger partial charge >= 0.3 is 0 Å². The molecule has 0 amide bonds. The highest BCUT2D eigenvalue weighted by Crippen LogP contribution is 2.37. The molecule has 2 rings (SSSR count). The van der Waals surface area contributed by atoms with Crippen molar-refractivity contribution >= 4 is 11.6 Å². The van der Waals surface area contributed by atoms with Crippen molar-refractivity contribution in [1.82, 2.24) is 0 Å². The molecule has 1 aliphatic heterocycles. The summed E-state index contributed by atoms with van der Waals surface area (Å²) in [6, 6.07) is 8.07. The summed E-state index contributed by atoms with van der Waals surface area (Å²) in [5, 5.41) is 0. The van der Waals surface area contributed by atoms with Crippen molar-refractivity contribution in [2.24, 2.45) is 16.6 Å². The van der Waals surface area contributed by atoms with E-state index in [9.17, 15) is 0 Å². The summed E-state index contributed by atoms with van der Waals surface area (Å²) in [5.41, 5.74) is 7.27. The fourth-order valence-corrected chi connectivity index (χ4v) is 3.13. The third-order valence-electron chi connectivity index (χ3n) is 4.63. The summed E-state index contributed by atoms with van der Waals surface area (Å²) in [7, 11) is 1.69. The summed E-state index contributed by atoms with van der Waals surface area (Å²) < 4.78 is 5.35. The number of hydrogen-bond donors (Lipinski definition) is 1. The second kappa shape index (κ2) is 6.37. The first-order valence-electron chi connectivity index (χ1n) is 7.80. The van der Waals surface area contributed by atoms with Gasteiger partial charge in [-0.25, -0.2) is 0 Å². The Kier molecular flexibility index (Phi) is 4.76. The van der Waals surface area contributed by atoms with E-state index in [0.717, 1.165) is 30.8 Å². The number of aliphatic imine (C=N–C) groups is 1. The molecule has 0 radical (unpaired) electrons. The molecule has 2 N–H and O–H groups in total. The average Bonchev–Trinajstić information content (AvgIpc) is 2.84. The van der Waals surface area contributed by atoms with Gasteiger partial charge in [-0.05, 0) is 30.9 Å². The number of benzene rings is 1. The van der Waals surface area contributed by atoms with E-state index in [1.807, 2.05) is 18.2 Å². The molecule has 0 saturated carbocycles. The molecule has 1 aromatic rings. The van der Waals surface area contributed by atoms with E-state index in [2.05, 4.69) is 36.7 Å². The minimum atomic E-state index is -0.00806. The lowest BCUT2D eigenvalue weighted by Crippen LogP contribution is -2.52.